The molecule has 1 aliphatic heterocycles. The Morgan fingerprint density at radius 2 is 1.79 bits per heavy atom. The quantitative estimate of drug-likeness (QED) is 0.830. The van der Waals surface area contributed by atoms with Gasteiger partial charge < -0.3 is 10.5 Å². The van der Waals surface area contributed by atoms with Crippen LogP contribution in [-0.2, 0) is 0 Å². The standard InChI is InChI=1S/C15H25N3O/c1-14-3-2-4-15(13-14)19-12-11-18-9-7-17(6-5-16)8-10-18/h2-4,13H,5-12,16H2,1H3. The van der Waals surface area contributed by atoms with Crippen LogP contribution in [0.3, 0.4) is 0 Å². The molecule has 1 saturated heterocycles. The summed E-state index contributed by atoms with van der Waals surface area (Å²) in [6, 6.07) is 8.23. The molecule has 2 N–H and O–H groups in total. The Bertz CT molecular complexity index is 375. The van der Waals surface area contributed by atoms with Crippen LogP contribution >= 0.6 is 0 Å². The SMILES string of the molecule is Cc1cccc(OCCN2CCN(CCN)CC2)c1. The second kappa shape index (κ2) is 7.48. The monoisotopic (exact) mass is 263 g/mol. The zero-order valence-corrected chi connectivity index (χ0v) is 11.8. The van der Waals surface area contributed by atoms with Crippen LogP contribution in [0.5, 0.6) is 5.75 Å². The Morgan fingerprint density at radius 1 is 1.11 bits per heavy atom. The molecule has 4 nitrogen and oxygen atoms in total. The third kappa shape index (κ3) is 4.82. The third-order valence-electron chi connectivity index (χ3n) is 3.58. The van der Waals surface area contributed by atoms with Gasteiger partial charge in [0.2, 0.25) is 0 Å². The summed E-state index contributed by atoms with van der Waals surface area (Å²) in [4.78, 5) is 4.89. The van der Waals surface area contributed by atoms with E-state index in [1.54, 1.807) is 0 Å². The van der Waals surface area contributed by atoms with Crippen molar-refractivity contribution in [3.63, 3.8) is 0 Å². The molecule has 2 rings (SSSR count). The van der Waals surface area contributed by atoms with Crippen molar-refractivity contribution in [2.24, 2.45) is 5.73 Å². The van der Waals surface area contributed by atoms with E-state index in [1.165, 1.54) is 5.56 Å². The first kappa shape index (κ1) is 14.3. The van der Waals surface area contributed by atoms with E-state index >= 15 is 0 Å². The molecule has 0 aliphatic carbocycles. The number of benzene rings is 1. The Hall–Kier alpha value is -1.10. The Kier molecular flexibility index (Phi) is 5.63. The first-order chi connectivity index (χ1) is 9.28. The number of nitrogens with two attached hydrogens (primary N) is 1. The zero-order valence-electron chi connectivity index (χ0n) is 11.8. The lowest BCUT2D eigenvalue weighted by Crippen LogP contribution is -2.48. The van der Waals surface area contributed by atoms with Crippen molar-refractivity contribution in [1.82, 2.24) is 9.80 Å². The second-order valence-corrected chi connectivity index (χ2v) is 5.14. The molecule has 0 radical (unpaired) electrons. The summed E-state index contributed by atoms with van der Waals surface area (Å²) in [7, 11) is 0. The maximum absolute atomic E-state index is 5.79. The molecule has 0 bridgehead atoms. The van der Waals surface area contributed by atoms with Gasteiger partial charge in [0.05, 0.1) is 0 Å². The average Bonchev–Trinajstić information content (AvgIpc) is 2.41. The van der Waals surface area contributed by atoms with Crippen molar-refractivity contribution >= 4 is 0 Å². The predicted octanol–water partition coefficient (Wildman–Crippen LogP) is 0.950. The van der Waals surface area contributed by atoms with Crippen molar-refractivity contribution in [2.75, 3.05) is 52.4 Å². The van der Waals surface area contributed by atoms with Crippen molar-refractivity contribution in [1.29, 1.82) is 0 Å². The smallest absolute Gasteiger partial charge is 0.119 e. The molecule has 1 aliphatic rings. The number of rotatable bonds is 6. The summed E-state index contributed by atoms with van der Waals surface area (Å²) in [6.45, 7) is 10.1. The molecule has 0 aromatic heterocycles. The summed E-state index contributed by atoms with van der Waals surface area (Å²) >= 11 is 0. The number of nitrogens with zero attached hydrogens (tertiary/aromatic N) is 2. The Balaban J connectivity index is 1.64. The van der Waals surface area contributed by atoms with Crippen LogP contribution in [0.25, 0.3) is 0 Å². The van der Waals surface area contributed by atoms with Crippen molar-refractivity contribution in [3.8, 4) is 5.75 Å². The summed E-state index contributed by atoms with van der Waals surface area (Å²) < 4.78 is 5.79. The molecule has 0 atom stereocenters. The van der Waals surface area contributed by atoms with Crippen molar-refractivity contribution in [2.45, 2.75) is 6.92 Å². The molecule has 0 unspecified atom stereocenters. The highest BCUT2D eigenvalue weighted by molar-refractivity contribution is 5.27. The van der Waals surface area contributed by atoms with Crippen LogP contribution in [0, 0.1) is 6.92 Å². The largest absolute Gasteiger partial charge is 0.492 e. The number of hydrogen-bond acceptors (Lipinski definition) is 4. The van der Waals surface area contributed by atoms with E-state index in [1.807, 2.05) is 12.1 Å². The number of aryl methyl sites for hydroxylation is 1. The number of ether oxygens (including phenoxy) is 1. The molecule has 0 spiro atoms. The molecular weight excluding hydrogens is 238 g/mol. The lowest BCUT2D eigenvalue weighted by molar-refractivity contribution is 0.119. The van der Waals surface area contributed by atoms with Crippen LogP contribution in [0.4, 0.5) is 0 Å². The molecule has 0 amide bonds. The van der Waals surface area contributed by atoms with Gasteiger partial charge in [0.1, 0.15) is 12.4 Å². The molecule has 4 heteroatoms. The maximum atomic E-state index is 5.79. The highest BCUT2D eigenvalue weighted by Crippen LogP contribution is 2.12. The molecule has 19 heavy (non-hydrogen) atoms. The molecule has 106 valence electrons. The lowest BCUT2D eigenvalue weighted by atomic mass is 10.2. The molecular formula is C15H25N3O. The highest BCUT2D eigenvalue weighted by atomic mass is 16.5. The second-order valence-electron chi connectivity index (χ2n) is 5.14. The van der Waals surface area contributed by atoms with Crippen molar-refractivity contribution < 1.29 is 4.74 Å². The normalized spacial score (nSPS) is 17.6. The van der Waals surface area contributed by atoms with Gasteiger partial charge in [0, 0.05) is 45.8 Å². The summed E-state index contributed by atoms with van der Waals surface area (Å²) in [5.41, 5.74) is 6.82. The molecule has 1 fully saturated rings. The molecule has 1 aromatic carbocycles. The Labute approximate surface area is 116 Å². The van der Waals surface area contributed by atoms with E-state index in [0.29, 0.717) is 0 Å². The summed E-state index contributed by atoms with van der Waals surface area (Å²) in [5.74, 6) is 0.974. The van der Waals surface area contributed by atoms with Gasteiger partial charge in [-0.2, -0.15) is 0 Å². The van der Waals surface area contributed by atoms with E-state index in [2.05, 4.69) is 28.9 Å². The summed E-state index contributed by atoms with van der Waals surface area (Å²) in [5, 5.41) is 0. The van der Waals surface area contributed by atoms with E-state index in [-0.39, 0.29) is 0 Å². The van der Waals surface area contributed by atoms with Gasteiger partial charge in [-0.1, -0.05) is 12.1 Å². The minimum Gasteiger partial charge on any atom is -0.492 e. The van der Waals surface area contributed by atoms with Gasteiger partial charge in [0.25, 0.3) is 0 Å². The number of piperazine rings is 1. The number of hydrogen-bond donors (Lipinski definition) is 1. The van der Waals surface area contributed by atoms with Gasteiger partial charge in [0.15, 0.2) is 0 Å². The van der Waals surface area contributed by atoms with Gasteiger partial charge in [-0.15, -0.1) is 0 Å². The highest BCUT2D eigenvalue weighted by Gasteiger charge is 2.15. The van der Waals surface area contributed by atoms with Crippen LogP contribution in [0.1, 0.15) is 5.56 Å². The fraction of sp³-hybridized carbons (Fsp3) is 0.600. The molecule has 1 heterocycles. The van der Waals surface area contributed by atoms with E-state index in [4.69, 9.17) is 10.5 Å². The fourth-order valence-corrected chi connectivity index (χ4v) is 2.42. The fourth-order valence-electron chi connectivity index (χ4n) is 2.42. The van der Waals surface area contributed by atoms with Crippen LogP contribution in [-0.4, -0.2) is 62.2 Å². The van der Waals surface area contributed by atoms with E-state index in [0.717, 1.165) is 58.2 Å². The molecule has 0 saturated carbocycles. The minimum absolute atomic E-state index is 0.760. The van der Waals surface area contributed by atoms with E-state index < -0.39 is 0 Å². The zero-order chi connectivity index (χ0) is 13.5. The Morgan fingerprint density at radius 3 is 2.42 bits per heavy atom. The maximum Gasteiger partial charge on any atom is 0.119 e. The van der Waals surface area contributed by atoms with Crippen LogP contribution in [0.15, 0.2) is 24.3 Å². The van der Waals surface area contributed by atoms with Crippen LogP contribution in [0.2, 0.25) is 0 Å². The van der Waals surface area contributed by atoms with Gasteiger partial charge in [-0.25, -0.2) is 0 Å². The van der Waals surface area contributed by atoms with Gasteiger partial charge in [-0.3, -0.25) is 9.80 Å². The average molecular weight is 263 g/mol. The van der Waals surface area contributed by atoms with Gasteiger partial charge >= 0.3 is 0 Å². The van der Waals surface area contributed by atoms with Gasteiger partial charge in [-0.05, 0) is 24.6 Å². The molecule has 1 aromatic rings. The summed E-state index contributed by atoms with van der Waals surface area (Å²) in [6.07, 6.45) is 0. The van der Waals surface area contributed by atoms with Crippen molar-refractivity contribution in [3.05, 3.63) is 29.8 Å². The lowest BCUT2D eigenvalue weighted by Gasteiger charge is -2.34. The van der Waals surface area contributed by atoms with E-state index in [9.17, 15) is 0 Å². The topological polar surface area (TPSA) is 41.7 Å². The minimum atomic E-state index is 0.760. The van der Waals surface area contributed by atoms with Crippen LogP contribution < -0.4 is 10.5 Å². The first-order valence-electron chi connectivity index (χ1n) is 7.12. The first-order valence-corrected chi connectivity index (χ1v) is 7.12. The third-order valence-corrected chi connectivity index (χ3v) is 3.58. The predicted molar refractivity (Wildman–Crippen MR) is 78.6 cm³/mol.